The van der Waals surface area contributed by atoms with Crippen molar-refractivity contribution in [3.05, 3.63) is 0 Å². The van der Waals surface area contributed by atoms with Gasteiger partial charge in [-0.3, -0.25) is 13.9 Å². The summed E-state index contributed by atoms with van der Waals surface area (Å²) in [6.07, 6.45) is 32.1. The van der Waals surface area contributed by atoms with Crippen molar-refractivity contribution < 1.29 is 32.8 Å². The monoisotopic (exact) mass is 705 g/mol. The summed E-state index contributed by atoms with van der Waals surface area (Å²) in [5, 5.41) is 0. The molecule has 0 saturated carbocycles. The molecule has 0 aliphatic heterocycles. The maximum Gasteiger partial charge on any atom is 0.311 e. The highest BCUT2D eigenvalue weighted by molar-refractivity contribution is 7.45. The minimum atomic E-state index is -4.73. The SMILES string of the molecule is CCCCCCCCCCCCCCCCO[C@@H](C)C(OC(=O)C(CC)CCCCCCCCCCCCCC)OP(=O)([O-])OCCN. The van der Waals surface area contributed by atoms with Crippen LogP contribution in [0.25, 0.3) is 0 Å². The van der Waals surface area contributed by atoms with E-state index in [1.807, 2.05) is 6.92 Å². The van der Waals surface area contributed by atoms with Crippen molar-refractivity contribution in [1.29, 1.82) is 0 Å². The lowest BCUT2D eigenvalue weighted by Gasteiger charge is -2.31. The highest BCUT2D eigenvalue weighted by Crippen LogP contribution is 2.41. The first-order valence-electron chi connectivity index (χ1n) is 20.5. The highest BCUT2D eigenvalue weighted by Gasteiger charge is 2.30. The molecule has 288 valence electrons. The molecule has 3 unspecified atom stereocenters. The zero-order valence-electron chi connectivity index (χ0n) is 32.0. The van der Waals surface area contributed by atoms with Gasteiger partial charge in [0, 0.05) is 13.2 Å². The van der Waals surface area contributed by atoms with E-state index in [2.05, 4.69) is 13.8 Å². The lowest BCUT2D eigenvalue weighted by molar-refractivity contribution is -0.254. The third-order valence-corrected chi connectivity index (χ3v) is 10.3. The number of rotatable bonds is 38. The molecule has 0 amide bonds. The van der Waals surface area contributed by atoms with E-state index in [4.69, 9.17) is 24.3 Å². The predicted octanol–water partition coefficient (Wildman–Crippen LogP) is 11.3. The molecule has 48 heavy (non-hydrogen) atoms. The number of ether oxygens (including phenoxy) is 2. The molecule has 4 atom stereocenters. The molecule has 0 aliphatic rings. The number of carbonyl (C=O) groups excluding carboxylic acids is 1. The van der Waals surface area contributed by atoms with Gasteiger partial charge in [-0.2, -0.15) is 0 Å². The van der Waals surface area contributed by atoms with Gasteiger partial charge in [0.2, 0.25) is 6.29 Å². The van der Waals surface area contributed by atoms with Crippen LogP contribution in [0.4, 0.5) is 0 Å². The second-order valence-corrected chi connectivity index (χ2v) is 15.3. The van der Waals surface area contributed by atoms with Crippen LogP contribution in [-0.4, -0.2) is 38.1 Å². The zero-order valence-corrected chi connectivity index (χ0v) is 32.9. The minimum Gasteiger partial charge on any atom is -0.756 e. The molecule has 0 aromatic heterocycles. The molecule has 0 radical (unpaired) electrons. The number of hydrogen-bond acceptors (Lipinski definition) is 8. The van der Waals surface area contributed by atoms with Gasteiger partial charge >= 0.3 is 5.97 Å². The van der Waals surface area contributed by atoms with E-state index in [0.29, 0.717) is 19.4 Å². The number of hydrogen-bond donors (Lipinski definition) is 1. The summed E-state index contributed by atoms with van der Waals surface area (Å²) < 4.78 is 34.0. The molecule has 0 rings (SSSR count). The Bertz CT molecular complexity index is 741. The van der Waals surface area contributed by atoms with E-state index in [1.165, 1.54) is 135 Å². The van der Waals surface area contributed by atoms with E-state index in [0.717, 1.165) is 32.1 Å². The number of esters is 1. The first-order chi connectivity index (χ1) is 23.3. The van der Waals surface area contributed by atoms with E-state index in [9.17, 15) is 14.3 Å². The topological polar surface area (TPSA) is 120 Å². The Balaban J connectivity index is 4.40. The van der Waals surface area contributed by atoms with Crippen LogP contribution in [-0.2, 0) is 27.9 Å². The minimum absolute atomic E-state index is 0.0299. The molecular formula is C39H79NO7P-. The maximum atomic E-state index is 13.1. The van der Waals surface area contributed by atoms with Crippen LogP contribution < -0.4 is 10.6 Å². The maximum absolute atomic E-state index is 13.1. The van der Waals surface area contributed by atoms with Crippen LogP contribution in [0.2, 0.25) is 0 Å². The van der Waals surface area contributed by atoms with Crippen molar-refractivity contribution in [1.82, 2.24) is 0 Å². The molecule has 0 aliphatic carbocycles. The summed E-state index contributed by atoms with van der Waals surface area (Å²) >= 11 is 0. The van der Waals surface area contributed by atoms with Crippen LogP contribution in [0, 0.1) is 5.92 Å². The summed E-state index contributed by atoms with van der Waals surface area (Å²) in [4.78, 5) is 25.5. The summed E-state index contributed by atoms with van der Waals surface area (Å²) in [6, 6.07) is 0. The standard InChI is InChI=1S/C39H80NO7P/c1-5-8-10-12-14-16-18-20-21-23-25-27-29-31-34-44-36(4)39(47-48(42,43)45-35-33-40)46-38(41)37(7-3)32-30-28-26-24-22-19-17-15-13-11-9-6-2/h36-37,39H,5-35,40H2,1-4H3,(H,42,43)/p-1/t36-,37?,39?/m0/s1. The summed E-state index contributed by atoms with van der Waals surface area (Å²) in [7, 11) is -4.73. The largest absolute Gasteiger partial charge is 0.756 e. The van der Waals surface area contributed by atoms with Gasteiger partial charge in [0.15, 0.2) is 0 Å². The van der Waals surface area contributed by atoms with Crippen molar-refractivity contribution >= 4 is 13.8 Å². The molecule has 9 heteroatoms. The molecule has 0 aromatic carbocycles. The van der Waals surface area contributed by atoms with Crippen molar-refractivity contribution in [3.8, 4) is 0 Å². The fraction of sp³-hybridized carbons (Fsp3) is 0.974. The van der Waals surface area contributed by atoms with Gasteiger partial charge < -0.3 is 24.6 Å². The summed E-state index contributed by atoms with van der Waals surface area (Å²) in [5.41, 5.74) is 5.40. The van der Waals surface area contributed by atoms with Gasteiger partial charge in [-0.05, 0) is 26.2 Å². The van der Waals surface area contributed by atoms with Crippen LogP contribution in [0.1, 0.15) is 207 Å². The Morgan fingerprint density at radius 1 is 0.625 bits per heavy atom. The van der Waals surface area contributed by atoms with Crippen LogP contribution >= 0.6 is 7.82 Å². The Kier molecular flexibility index (Phi) is 34.6. The van der Waals surface area contributed by atoms with Gasteiger partial charge in [-0.25, -0.2) is 0 Å². The first-order valence-corrected chi connectivity index (χ1v) is 21.9. The van der Waals surface area contributed by atoms with Gasteiger partial charge in [0.05, 0.1) is 12.5 Å². The van der Waals surface area contributed by atoms with Crippen LogP contribution in [0.3, 0.4) is 0 Å². The fourth-order valence-corrected chi connectivity index (χ4v) is 6.96. The summed E-state index contributed by atoms with van der Waals surface area (Å²) in [5.74, 6) is -0.760. The van der Waals surface area contributed by atoms with Crippen LogP contribution in [0.15, 0.2) is 0 Å². The molecule has 0 spiro atoms. The Hall–Kier alpha value is -0.500. The highest BCUT2D eigenvalue weighted by atomic mass is 31.2. The Labute approximate surface area is 297 Å². The molecule has 0 saturated heterocycles. The number of phosphoric ester groups is 1. The number of nitrogens with two attached hydrogens (primary N) is 1. The molecular weight excluding hydrogens is 625 g/mol. The third kappa shape index (κ3) is 30.3. The van der Waals surface area contributed by atoms with Gasteiger partial charge in [0.25, 0.3) is 7.82 Å². The summed E-state index contributed by atoms with van der Waals surface area (Å²) in [6.45, 7) is 8.42. The van der Waals surface area contributed by atoms with E-state index < -0.39 is 26.2 Å². The van der Waals surface area contributed by atoms with Crippen molar-refractivity contribution in [2.75, 3.05) is 19.8 Å². The molecule has 0 aromatic rings. The molecule has 8 nitrogen and oxygen atoms in total. The van der Waals surface area contributed by atoms with Gasteiger partial charge in [-0.1, -0.05) is 181 Å². The third-order valence-electron chi connectivity index (χ3n) is 9.33. The lowest BCUT2D eigenvalue weighted by atomic mass is 9.97. The molecule has 2 N–H and O–H groups in total. The Morgan fingerprint density at radius 3 is 1.42 bits per heavy atom. The average Bonchev–Trinajstić information content (AvgIpc) is 3.07. The van der Waals surface area contributed by atoms with Crippen molar-refractivity contribution in [2.45, 2.75) is 220 Å². The van der Waals surface area contributed by atoms with Crippen LogP contribution in [0.5, 0.6) is 0 Å². The van der Waals surface area contributed by atoms with E-state index in [1.54, 1.807) is 6.92 Å². The number of unbranched alkanes of at least 4 members (excludes halogenated alkanes) is 24. The quantitative estimate of drug-likeness (QED) is 0.0292. The molecule has 0 fully saturated rings. The van der Waals surface area contributed by atoms with Gasteiger partial charge in [-0.15, -0.1) is 0 Å². The van der Waals surface area contributed by atoms with Crippen molar-refractivity contribution in [3.63, 3.8) is 0 Å². The Morgan fingerprint density at radius 2 is 1.02 bits per heavy atom. The normalized spacial score (nSPS) is 14.9. The lowest BCUT2D eigenvalue weighted by Crippen LogP contribution is -2.36. The predicted molar refractivity (Wildman–Crippen MR) is 199 cm³/mol. The molecule has 0 bridgehead atoms. The first kappa shape index (κ1) is 47.5. The average molecular weight is 705 g/mol. The zero-order chi connectivity index (χ0) is 35.6. The number of carbonyl (C=O) groups is 1. The second kappa shape index (κ2) is 34.9. The molecule has 0 heterocycles. The smallest absolute Gasteiger partial charge is 0.311 e. The van der Waals surface area contributed by atoms with E-state index in [-0.39, 0.29) is 19.1 Å². The number of phosphoric acid groups is 1. The second-order valence-electron chi connectivity index (χ2n) is 13.9. The van der Waals surface area contributed by atoms with Gasteiger partial charge in [0.1, 0.15) is 6.10 Å². The fourth-order valence-electron chi connectivity index (χ4n) is 6.10. The van der Waals surface area contributed by atoms with E-state index >= 15 is 0 Å². The van der Waals surface area contributed by atoms with Crippen molar-refractivity contribution in [2.24, 2.45) is 11.7 Å².